The largest absolute Gasteiger partial charge is 0.481 e. The zero-order valence-corrected chi connectivity index (χ0v) is 11.1. The molecule has 18 heavy (non-hydrogen) atoms. The summed E-state index contributed by atoms with van der Waals surface area (Å²) in [7, 11) is 0. The summed E-state index contributed by atoms with van der Waals surface area (Å²) in [6, 6.07) is -0.204. The van der Waals surface area contributed by atoms with Crippen molar-refractivity contribution in [1.82, 2.24) is 5.32 Å². The first-order chi connectivity index (χ1) is 8.28. The number of ether oxygens (including phenoxy) is 2. The summed E-state index contributed by atoms with van der Waals surface area (Å²) in [5.41, 5.74) is -0.558. The van der Waals surface area contributed by atoms with E-state index in [-0.39, 0.29) is 18.4 Å². The molecule has 0 radical (unpaired) electrons. The van der Waals surface area contributed by atoms with Gasteiger partial charge in [0, 0.05) is 18.6 Å². The van der Waals surface area contributed by atoms with Crippen LogP contribution in [0.2, 0.25) is 0 Å². The summed E-state index contributed by atoms with van der Waals surface area (Å²) < 4.78 is 10.4. The Morgan fingerprint density at radius 2 is 2.11 bits per heavy atom. The highest BCUT2D eigenvalue weighted by atomic mass is 16.6. The number of carboxylic acids is 1. The molecule has 0 aromatic rings. The summed E-state index contributed by atoms with van der Waals surface area (Å²) in [6.45, 7) is 6.23. The molecule has 0 spiro atoms. The van der Waals surface area contributed by atoms with Gasteiger partial charge in [0.05, 0.1) is 13.0 Å². The number of carbonyl (C=O) groups is 2. The molecule has 2 atom stereocenters. The smallest absolute Gasteiger partial charge is 0.407 e. The van der Waals surface area contributed by atoms with Crippen molar-refractivity contribution in [3.05, 3.63) is 0 Å². The van der Waals surface area contributed by atoms with Crippen LogP contribution in [0.4, 0.5) is 4.79 Å². The first-order valence-electron chi connectivity index (χ1n) is 6.07. The Labute approximate surface area is 107 Å². The SMILES string of the molecule is CC(C)(C)OC(=O)N[C@@H]1CCOC[C@@H]1CC(=O)O. The van der Waals surface area contributed by atoms with Gasteiger partial charge in [0.2, 0.25) is 0 Å². The van der Waals surface area contributed by atoms with E-state index in [9.17, 15) is 9.59 Å². The number of alkyl carbamates (subject to hydrolysis) is 1. The lowest BCUT2D eigenvalue weighted by Gasteiger charge is -2.32. The van der Waals surface area contributed by atoms with Crippen LogP contribution in [-0.2, 0) is 14.3 Å². The second kappa shape index (κ2) is 6.04. The van der Waals surface area contributed by atoms with Crippen LogP contribution in [0.25, 0.3) is 0 Å². The molecule has 0 saturated carbocycles. The number of hydrogen-bond acceptors (Lipinski definition) is 4. The topological polar surface area (TPSA) is 84.9 Å². The number of carbonyl (C=O) groups excluding carboxylic acids is 1. The van der Waals surface area contributed by atoms with Crippen LogP contribution >= 0.6 is 0 Å². The Bertz CT molecular complexity index is 310. The predicted molar refractivity (Wildman–Crippen MR) is 64.3 cm³/mol. The van der Waals surface area contributed by atoms with Gasteiger partial charge in [0.25, 0.3) is 0 Å². The Morgan fingerprint density at radius 1 is 1.44 bits per heavy atom. The predicted octanol–water partition coefficient (Wildman–Crippen LogP) is 1.39. The van der Waals surface area contributed by atoms with Crippen molar-refractivity contribution in [3.63, 3.8) is 0 Å². The lowest BCUT2D eigenvalue weighted by Crippen LogP contribution is -2.47. The summed E-state index contributed by atoms with van der Waals surface area (Å²) >= 11 is 0. The maximum absolute atomic E-state index is 11.6. The molecule has 1 amide bonds. The van der Waals surface area contributed by atoms with Crippen molar-refractivity contribution < 1.29 is 24.2 Å². The maximum Gasteiger partial charge on any atom is 0.407 e. The van der Waals surface area contributed by atoms with Crippen molar-refractivity contribution >= 4 is 12.1 Å². The molecule has 1 aliphatic rings. The molecule has 1 saturated heterocycles. The zero-order chi connectivity index (χ0) is 13.8. The molecule has 0 aromatic heterocycles. The molecule has 0 unspecified atom stereocenters. The van der Waals surface area contributed by atoms with E-state index in [4.69, 9.17) is 14.6 Å². The molecule has 6 heteroatoms. The number of rotatable bonds is 3. The monoisotopic (exact) mass is 259 g/mol. The van der Waals surface area contributed by atoms with Gasteiger partial charge in [-0.2, -0.15) is 0 Å². The van der Waals surface area contributed by atoms with Gasteiger partial charge < -0.3 is 19.9 Å². The minimum Gasteiger partial charge on any atom is -0.481 e. The van der Waals surface area contributed by atoms with Gasteiger partial charge in [-0.1, -0.05) is 0 Å². The standard InChI is InChI=1S/C12H21NO5/c1-12(2,3)18-11(16)13-9-4-5-17-7-8(9)6-10(14)15/h8-9H,4-7H2,1-3H3,(H,13,16)(H,14,15)/t8-,9+/m0/s1. The van der Waals surface area contributed by atoms with Gasteiger partial charge in [0.15, 0.2) is 0 Å². The summed E-state index contributed by atoms with van der Waals surface area (Å²) in [4.78, 5) is 22.4. The molecule has 0 bridgehead atoms. The Morgan fingerprint density at radius 3 is 2.67 bits per heavy atom. The Balaban J connectivity index is 2.51. The lowest BCUT2D eigenvalue weighted by atomic mass is 9.93. The fourth-order valence-corrected chi connectivity index (χ4v) is 1.87. The van der Waals surface area contributed by atoms with Crippen molar-refractivity contribution in [1.29, 1.82) is 0 Å². The fraction of sp³-hybridized carbons (Fsp3) is 0.833. The second-order valence-corrected chi connectivity index (χ2v) is 5.47. The highest BCUT2D eigenvalue weighted by molar-refractivity contribution is 5.69. The van der Waals surface area contributed by atoms with E-state index in [1.807, 2.05) is 0 Å². The van der Waals surface area contributed by atoms with Gasteiger partial charge in [-0.15, -0.1) is 0 Å². The third kappa shape index (κ3) is 5.35. The first-order valence-corrected chi connectivity index (χ1v) is 6.07. The Hall–Kier alpha value is -1.30. The van der Waals surface area contributed by atoms with Crippen LogP contribution in [0.1, 0.15) is 33.6 Å². The normalized spacial score (nSPS) is 24.4. The van der Waals surface area contributed by atoms with Crippen molar-refractivity contribution in [2.45, 2.75) is 45.3 Å². The number of hydrogen-bond donors (Lipinski definition) is 2. The molecular formula is C12H21NO5. The molecule has 6 nitrogen and oxygen atoms in total. The summed E-state index contributed by atoms with van der Waals surface area (Å²) in [6.07, 6.45) is 0.0854. The highest BCUT2D eigenvalue weighted by Crippen LogP contribution is 2.19. The van der Waals surface area contributed by atoms with E-state index in [0.717, 1.165) is 0 Å². The van der Waals surface area contributed by atoms with E-state index >= 15 is 0 Å². The van der Waals surface area contributed by atoms with E-state index in [2.05, 4.69) is 5.32 Å². The van der Waals surface area contributed by atoms with Gasteiger partial charge in [-0.3, -0.25) is 4.79 Å². The maximum atomic E-state index is 11.6. The third-order valence-corrected chi connectivity index (χ3v) is 2.61. The van der Waals surface area contributed by atoms with Gasteiger partial charge in [-0.25, -0.2) is 4.79 Å². The molecule has 1 fully saturated rings. The number of amides is 1. The molecule has 1 aliphatic heterocycles. The van der Waals surface area contributed by atoms with Crippen molar-refractivity contribution in [2.75, 3.05) is 13.2 Å². The van der Waals surface area contributed by atoms with Crippen LogP contribution in [0.5, 0.6) is 0 Å². The Kier molecular flexibility index (Phi) is 4.95. The molecule has 1 heterocycles. The summed E-state index contributed by atoms with van der Waals surface area (Å²) in [5, 5.41) is 11.5. The second-order valence-electron chi connectivity index (χ2n) is 5.47. The van der Waals surface area contributed by atoms with Crippen LogP contribution in [-0.4, -0.2) is 42.0 Å². The molecule has 2 N–H and O–H groups in total. The third-order valence-electron chi connectivity index (χ3n) is 2.61. The number of aliphatic carboxylic acids is 1. The lowest BCUT2D eigenvalue weighted by molar-refractivity contribution is -0.139. The number of carboxylic acid groups (broad SMARTS) is 1. The quantitative estimate of drug-likeness (QED) is 0.800. The first kappa shape index (κ1) is 14.8. The van der Waals surface area contributed by atoms with Crippen LogP contribution < -0.4 is 5.32 Å². The fourth-order valence-electron chi connectivity index (χ4n) is 1.87. The zero-order valence-electron chi connectivity index (χ0n) is 11.1. The van der Waals surface area contributed by atoms with Gasteiger partial charge >= 0.3 is 12.1 Å². The van der Waals surface area contributed by atoms with Crippen molar-refractivity contribution in [2.24, 2.45) is 5.92 Å². The van der Waals surface area contributed by atoms with Crippen LogP contribution in [0.3, 0.4) is 0 Å². The van der Waals surface area contributed by atoms with Crippen molar-refractivity contribution in [3.8, 4) is 0 Å². The molecule has 1 rings (SSSR count). The molecule has 0 aliphatic carbocycles. The average molecular weight is 259 g/mol. The van der Waals surface area contributed by atoms with Crippen LogP contribution in [0.15, 0.2) is 0 Å². The molecule has 0 aromatic carbocycles. The van der Waals surface area contributed by atoms with E-state index in [0.29, 0.717) is 19.6 Å². The van der Waals surface area contributed by atoms with E-state index in [1.54, 1.807) is 20.8 Å². The number of nitrogens with one attached hydrogen (secondary N) is 1. The van der Waals surface area contributed by atoms with Gasteiger partial charge in [0.1, 0.15) is 5.60 Å². The van der Waals surface area contributed by atoms with E-state index < -0.39 is 17.7 Å². The minimum absolute atomic E-state index is 0.0134. The van der Waals surface area contributed by atoms with Gasteiger partial charge in [-0.05, 0) is 27.2 Å². The minimum atomic E-state index is -0.888. The van der Waals surface area contributed by atoms with E-state index in [1.165, 1.54) is 0 Å². The molecular weight excluding hydrogens is 238 g/mol. The summed E-state index contributed by atoms with van der Waals surface area (Å²) in [5.74, 6) is -1.09. The molecule has 104 valence electrons. The average Bonchev–Trinajstić information content (AvgIpc) is 2.17. The van der Waals surface area contributed by atoms with Crippen LogP contribution in [0, 0.1) is 5.92 Å². The highest BCUT2D eigenvalue weighted by Gasteiger charge is 2.30.